The third-order valence-electron chi connectivity index (χ3n) is 4.95. The van der Waals surface area contributed by atoms with Crippen molar-refractivity contribution >= 4 is 21.4 Å². The summed E-state index contributed by atoms with van der Waals surface area (Å²) in [4.78, 5) is 4.58. The lowest BCUT2D eigenvalue weighted by molar-refractivity contribution is 0.340. The van der Waals surface area contributed by atoms with E-state index in [0.717, 1.165) is 11.3 Å². The van der Waals surface area contributed by atoms with Gasteiger partial charge in [-0.1, -0.05) is 29.4 Å². The van der Waals surface area contributed by atoms with Crippen LogP contribution in [-0.4, -0.2) is 32.2 Å². The van der Waals surface area contributed by atoms with Gasteiger partial charge >= 0.3 is 0 Å². The molecule has 1 heterocycles. The minimum atomic E-state index is -3.71. The average molecular weight is 465 g/mol. The molecule has 1 aromatic heterocycles. The van der Waals surface area contributed by atoms with Crippen LogP contribution in [0.4, 0.5) is 11.4 Å². The minimum absolute atomic E-state index is 0.180. The van der Waals surface area contributed by atoms with Gasteiger partial charge in [0.25, 0.3) is 10.0 Å². The minimum Gasteiger partial charge on any atom is -0.494 e. The Morgan fingerprint density at radius 3 is 2.48 bits per heavy atom. The molecule has 4 rings (SSSR count). The molecule has 0 atom stereocenters. The van der Waals surface area contributed by atoms with E-state index >= 15 is 0 Å². The first-order chi connectivity index (χ1) is 16.0. The molecule has 0 bridgehead atoms. The summed E-state index contributed by atoms with van der Waals surface area (Å²) in [6.45, 7) is 2.78. The van der Waals surface area contributed by atoms with Crippen molar-refractivity contribution < 1.29 is 17.7 Å². The van der Waals surface area contributed by atoms with Crippen LogP contribution in [0.3, 0.4) is 0 Å². The van der Waals surface area contributed by atoms with Crippen LogP contribution in [-0.2, 0) is 16.6 Å². The molecule has 0 aliphatic rings. The molecular formula is C24H24N4O4S. The van der Waals surface area contributed by atoms with Crippen molar-refractivity contribution in [2.75, 3.05) is 23.3 Å². The molecule has 0 saturated carbocycles. The summed E-state index contributed by atoms with van der Waals surface area (Å²) < 4.78 is 38.1. The quantitative estimate of drug-likeness (QED) is 0.387. The van der Waals surface area contributed by atoms with E-state index in [1.54, 1.807) is 48.5 Å². The lowest BCUT2D eigenvalue weighted by Crippen LogP contribution is -2.26. The van der Waals surface area contributed by atoms with Gasteiger partial charge in [-0.25, -0.2) is 8.42 Å². The van der Waals surface area contributed by atoms with E-state index in [9.17, 15) is 8.42 Å². The number of nitrogens with zero attached hydrogens (tertiary/aromatic N) is 3. The number of aromatic nitrogens is 2. The second-order valence-electron chi connectivity index (χ2n) is 7.16. The largest absolute Gasteiger partial charge is 0.494 e. The van der Waals surface area contributed by atoms with Gasteiger partial charge in [0.1, 0.15) is 5.75 Å². The number of anilines is 2. The Morgan fingerprint density at radius 2 is 1.76 bits per heavy atom. The number of hydrogen-bond donors (Lipinski definition) is 1. The molecule has 0 unspecified atom stereocenters. The normalized spacial score (nSPS) is 11.2. The number of sulfonamides is 1. The van der Waals surface area contributed by atoms with Crippen LogP contribution < -0.4 is 14.4 Å². The van der Waals surface area contributed by atoms with E-state index in [2.05, 4.69) is 15.5 Å². The maximum Gasteiger partial charge on any atom is 0.264 e. The zero-order valence-electron chi connectivity index (χ0n) is 18.3. The summed E-state index contributed by atoms with van der Waals surface area (Å²) >= 11 is 0. The fraction of sp³-hybridized carbons (Fsp3) is 0.167. The van der Waals surface area contributed by atoms with E-state index in [1.807, 2.05) is 37.3 Å². The maximum absolute atomic E-state index is 13.0. The van der Waals surface area contributed by atoms with Crippen LogP contribution in [0.2, 0.25) is 0 Å². The molecule has 170 valence electrons. The number of nitrogens with one attached hydrogen (secondary N) is 1. The highest BCUT2D eigenvalue weighted by molar-refractivity contribution is 7.92. The smallest absolute Gasteiger partial charge is 0.264 e. The van der Waals surface area contributed by atoms with Crippen molar-refractivity contribution in [2.24, 2.45) is 0 Å². The van der Waals surface area contributed by atoms with Gasteiger partial charge < -0.3 is 14.6 Å². The fourth-order valence-electron chi connectivity index (χ4n) is 3.19. The van der Waals surface area contributed by atoms with Crippen molar-refractivity contribution in [2.45, 2.75) is 18.4 Å². The Morgan fingerprint density at radius 1 is 1.00 bits per heavy atom. The SMILES string of the molecule is CCOc1ccc(-c2noc(CNc3cccc(S(=O)(=O)N(C)c4ccccc4)c3)n2)cc1. The van der Waals surface area contributed by atoms with Gasteiger partial charge in [-0.2, -0.15) is 4.98 Å². The molecule has 0 radical (unpaired) electrons. The zero-order chi connectivity index (χ0) is 23.3. The highest BCUT2D eigenvalue weighted by atomic mass is 32.2. The second kappa shape index (κ2) is 9.74. The molecular weight excluding hydrogens is 440 g/mol. The molecule has 9 heteroatoms. The molecule has 0 amide bonds. The van der Waals surface area contributed by atoms with Crippen molar-refractivity contribution in [3.8, 4) is 17.1 Å². The molecule has 0 aliphatic carbocycles. The molecule has 8 nitrogen and oxygen atoms in total. The number of para-hydroxylation sites is 1. The topological polar surface area (TPSA) is 97.6 Å². The third-order valence-corrected chi connectivity index (χ3v) is 6.73. The summed E-state index contributed by atoms with van der Waals surface area (Å²) in [5, 5.41) is 7.16. The molecule has 4 aromatic rings. The number of hydrogen-bond acceptors (Lipinski definition) is 7. The predicted molar refractivity (Wildman–Crippen MR) is 127 cm³/mol. The van der Waals surface area contributed by atoms with E-state index in [0.29, 0.717) is 29.7 Å². The maximum atomic E-state index is 13.0. The molecule has 1 N–H and O–H groups in total. The van der Waals surface area contributed by atoms with Crippen LogP contribution in [0.15, 0.2) is 88.3 Å². The Balaban J connectivity index is 1.44. The van der Waals surface area contributed by atoms with Crippen LogP contribution in [0.5, 0.6) is 5.75 Å². The molecule has 33 heavy (non-hydrogen) atoms. The second-order valence-corrected chi connectivity index (χ2v) is 9.13. The Labute approximate surface area is 192 Å². The molecule has 0 spiro atoms. The van der Waals surface area contributed by atoms with E-state index in [4.69, 9.17) is 9.26 Å². The highest BCUT2D eigenvalue weighted by Gasteiger charge is 2.21. The van der Waals surface area contributed by atoms with Gasteiger partial charge in [0, 0.05) is 18.3 Å². The lowest BCUT2D eigenvalue weighted by atomic mass is 10.2. The van der Waals surface area contributed by atoms with Crippen LogP contribution in [0.25, 0.3) is 11.4 Å². The highest BCUT2D eigenvalue weighted by Crippen LogP contribution is 2.24. The summed E-state index contributed by atoms with van der Waals surface area (Å²) in [6, 6.07) is 23.0. The lowest BCUT2D eigenvalue weighted by Gasteiger charge is -2.19. The number of ether oxygens (including phenoxy) is 1. The molecule has 0 fully saturated rings. The van der Waals surface area contributed by atoms with Gasteiger partial charge in [0.05, 0.1) is 23.7 Å². The molecule has 0 saturated heterocycles. The Kier molecular flexibility index (Phi) is 6.60. The average Bonchev–Trinajstić information content (AvgIpc) is 3.33. The Hall–Kier alpha value is -3.85. The van der Waals surface area contributed by atoms with Gasteiger partial charge in [-0.15, -0.1) is 0 Å². The first-order valence-electron chi connectivity index (χ1n) is 10.4. The van der Waals surface area contributed by atoms with E-state index in [-0.39, 0.29) is 11.4 Å². The van der Waals surface area contributed by atoms with Gasteiger partial charge in [0.2, 0.25) is 11.7 Å². The van der Waals surface area contributed by atoms with Crippen molar-refractivity contribution in [1.82, 2.24) is 10.1 Å². The first-order valence-corrected chi connectivity index (χ1v) is 11.8. The standard InChI is InChI=1S/C24H24N4O4S/c1-3-31-21-14-12-18(13-15-21)24-26-23(32-27-24)17-25-19-8-7-11-22(16-19)33(29,30)28(2)20-9-5-4-6-10-20/h4-16,25H,3,17H2,1-2H3. The number of benzene rings is 3. The van der Waals surface area contributed by atoms with E-state index in [1.165, 1.54) is 11.4 Å². The summed E-state index contributed by atoms with van der Waals surface area (Å²) in [7, 11) is -2.17. The van der Waals surface area contributed by atoms with Gasteiger partial charge in [0.15, 0.2) is 0 Å². The number of rotatable bonds is 9. The summed E-state index contributed by atoms with van der Waals surface area (Å²) in [5.41, 5.74) is 2.02. The zero-order valence-corrected chi connectivity index (χ0v) is 19.1. The summed E-state index contributed by atoms with van der Waals surface area (Å²) in [5.74, 6) is 1.63. The predicted octanol–water partition coefficient (Wildman–Crippen LogP) is 4.57. The van der Waals surface area contributed by atoms with Crippen molar-refractivity contribution in [3.05, 3.63) is 84.8 Å². The fourth-order valence-corrected chi connectivity index (χ4v) is 4.43. The first kappa shape index (κ1) is 22.3. The monoisotopic (exact) mass is 464 g/mol. The molecule has 3 aromatic carbocycles. The summed E-state index contributed by atoms with van der Waals surface area (Å²) in [6.07, 6.45) is 0. The van der Waals surface area contributed by atoms with Crippen molar-refractivity contribution in [1.29, 1.82) is 0 Å². The van der Waals surface area contributed by atoms with Crippen LogP contribution in [0.1, 0.15) is 12.8 Å². The molecule has 0 aliphatic heterocycles. The van der Waals surface area contributed by atoms with Crippen LogP contribution in [0, 0.1) is 0 Å². The van der Waals surface area contributed by atoms with E-state index < -0.39 is 10.0 Å². The van der Waals surface area contributed by atoms with Gasteiger partial charge in [-0.3, -0.25) is 4.31 Å². The van der Waals surface area contributed by atoms with Crippen molar-refractivity contribution in [3.63, 3.8) is 0 Å². The Bertz CT molecular complexity index is 1310. The van der Waals surface area contributed by atoms with Gasteiger partial charge in [-0.05, 0) is 61.5 Å². The third kappa shape index (κ3) is 5.15. The van der Waals surface area contributed by atoms with Crippen LogP contribution >= 0.6 is 0 Å².